The van der Waals surface area contributed by atoms with E-state index in [-0.39, 0.29) is 23.7 Å². The number of benzene rings is 1. The zero-order chi connectivity index (χ0) is 29.0. The Kier molecular flexibility index (Phi) is 10.8. The van der Waals surface area contributed by atoms with E-state index in [1.807, 2.05) is 37.5 Å². The summed E-state index contributed by atoms with van der Waals surface area (Å²) in [6.45, 7) is 17.3. The molecule has 0 unspecified atom stereocenters. The lowest BCUT2D eigenvalue weighted by atomic mass is 9.99. The van der Waals surface area contributed by atoms with Crippen molar-refractivity contribution in [3.8, 4) is 16.2 Å². The van der Waals surface area contributed by atoms with Crippen LogP contribution in [-0.2, 0) is 29.1 Å². The average Bonchev–Trinajstić information content (AvgIpc) is 3.30. The zero-order valence-electron chi connectivity index (χ0n) is 24.6. The third-order valence-corrected chi connectivity index (χ3v) is 11.1. The monoisotopic (exact) mass is 604 g/mol. The molecule has 3 heterocycles. The minimum absolute atomic E-state index is 0.0126. The number of amides is 2. The summed E-state index contributed by atoms with van der Waals surface area (Å²) in [4.78, 5) is 34.7. The number of aromatic hydroxyl groups is 1. The Labute approximate surface area is 251 Å². The molecule has 2 saturated heterocycles. The minimum Gasteiger partial charge on any atom is -0.507 e. The molecule has 10 heteroatoms. The molecule has 220 valence electrons. The largest absolute Gasteiger partial charge is 0.507 e. The molecule has 0 atom stereocenters. The van der Waals surface area contributed by atoms with Crippen molar-refractivity contribution in [1.82, 2.24) is 19.6 Å². The van der Waals surface area contributed by atoms with Gasteiger partial charge in [0, 0.05) is 88.4 Å². The van der Waals surface area contributed by atoms with Gasteiger partial charge in [-0.05, 0) is 29.7 Å². The summed E-state index contributed by atoms with van der Waals surface area (Å²) < 4.78 is 0.968. The van der Waals surface area contributed by atoms with Crippen molar-refractivity contribution in [2.24, 2.45) is 11.8 Å². The number of nitrogens with zero attached hydrogens (tertiary/aromatic N) is 4. The lowest BCUT2D eigenvalue weighted by Crippen LogP contribution is -2.49. The van der Waals surface area contributed by atoms with Crippen molar-refractivity contribution in [2.75, 3.05) is 52.4 Å². The molecule has 2 aliphatic heterocycles. The number of phenols is 1. The molecule has 0 radical (unpaired) electrons. The Morgan fingerprint density at radius 3 is 1.68 bits per heavy atom. The van der Waals surface area contributed by atoms with E-state index in [0.29, 0.717) is 18.8 Å². The summed E-state index contributed by atoms with van der Waals surface area (Å²) in [6, 6.07) is 4.30. The highest BCUT2D eigenvalue weighted by atomic mass is 32.9. The Morgan fingerprint density at radius 1 is 0.825 bits per heavy atom. The maximum atomic E-state index is 12.5. The molecule has 2 fully saturated rings. The number of phenolic OH excluding ortho intramolecular Hbond substituents is 1. The van der Waals surface area contributed by atoms with Gasteiger partial charge in [-0.1, -0.05) is 73.9 Å². The van der Waals surface area contributed by atoms with Crippen LogP contribution >= 0.6 is 32.9 Å². The second kappa shape index (κ2) is 13.9. The smallest absolute Gasteiger partial charge is 0.225 e. The number of rotatable bonds is 9. The van der Waals surface area contributed by atoms with Crippen LogP contribution in [0.1, 0.15) is 57.7 Å². The molecule has 1 N–H and O–H groups in total. The van der Waals surface area contributed by atoms with Crippen LogP contribution in [0.15, 0.2) is 12.1 Å². The SMILES string of the molecule is CCCc1c(-c2cc(CN3CCN(C(=O)C(C)C)CC3)c(O)c(CN3CCN(C(=O)C(C)C)CC3)c2)ssc1=S. The number of carbonyl (C=O) groups excluding carboxylic acids is 2. The van der Waals surface area contributed by atoms with Crippen LogP contribution in [0.25, 0.3) is 10.4 Å². The summed E-state index contributed by atoms with van der Waals surface area (Å²) in [5.74, 6) is 0.812. The summed E-state index contributed by atoms with van der Waals surface area (Å²) in [7, 11) is 3.40. The molecule has 0 spiro atoms. The second-order valence-corrected chi connectivity index (χ2v) is 14.5. The first-order valence-corrected chi connectivity index (χ1v) is 17.1. The van der Waals surface area contributed by atoms with E-state index in [0.717, 1.165) is 85.7 Å². The molecule has 2 amide bonds. The minimum atomic E-state index is 0.0126. The molecule has 1 aromatic carbocycles. The fourth-order valence-electron chi connectivity index (χ4n) is 5.56. The summed E-state index contributed by atoms with van der Waals surface area (Å²) in [6.07, 6.45) is 1.99. The van der Waals surface area contributed by atoms with Gasteiger partial charge in [0.15, 0.2) is 0 Å². The van der Waals surface area contributed by atoms with Crippen LogP contribution in [0.5, 0.6) is 5.75 Å². The van der Waals surface area contributed by atoms with Crippen molar-refractivity contribution in [3.05, 3.63) is 32.6 Å². The molecular weight excluding hydrogens is 561 g/mol. The Morgan fingerprint density at radius 2 is 1.27 bits per heavy atom. The van der Waals surface area contributed by atoms with Gasteiger partial charge in [-0.25, -0.2) is 0 Å². The predicted molar refractivity (Wildman–Crippen MR) is 168 cm³/mol. The number of hydrogen-bond donors (Lipinski definition) is 1. The van der Waals surface area contributed by atoms with Crippen LogP contribution in [-0.4, -0.2) is 88.9 Å². The number of piperazine rings is 2. The molecule has 40 heavy (non-hydrogen) atoms. The molecule has 7 nitrogen and oxygen atoms in total. The van der Waals surface area contributed by atoms with Gasteiger partial charge in [-0.3, -0.25) is 19.4 Å². The lowest BCUT2D eigenvalue weighted by Gasteiger charge is -2.36. The van der Waals surface area contributed by atoms with Gasteiger partial charge in [0.2, 0.25) is 11.8 Å². The van der Waals surface area contributed by atoms with Crippen LogP contribution in [0.2, 0.25) is 0 Å². The van der Waals surface area contributed by atoms with Crippen molar-refractivity contribution in [1.29, 1.82) is 0 Å². The third kappa shape index (κ3) is 7.31. The maximum Gasteiger partial charge on any atom is 0.225 e. The number of carbonyl (C=O) groups is 2. The van der Waals surface area contributed by atoms with Gasteiger partial charge in [0.05, 0.1) is 4.88 Å². The van der Waals surface area contributed by atoms with E-state index in [1.165, 1.54) is 10.4 Å². The van der Waals surface area contributed by atoms with Gasteiger partial charge in [-0.15, -0.1) is 0 Å². The first kappa shape index (κ1) is 31.1. The maximum absolute atomic E-state index is 12.5. The zero-order valence-corrected chi connectivity index (χ0v) is 27.0. The molecule has 2 aromatic rings. The Bertz CT molecular complexity index is 1180. The fourth-order valence-corrected chi connectivity index (χ4v) is 8.55. The molecule has 1 aromatic heterocycles. The van der Waals surface area contributed by atoms with Crippen LogP contribution in [0.4, 0.5) is 0 Å². The Hall–Kier alpha value is -1.85. The number of hydrogen-bond acceptors (Lipinski definition) is 8. The lowest BCUT2D eigenvalue weighted by molar-refractivity contribution is -0.137. The van der Waals surface area contributed by atoms with Crippen molar-refractivity contribution < 1.29 is 14.7 Å². The molecule has 0 bridgehead atoms. The first-order chi connectivity index (χ1) is 19.1. The molecule has 4 rings (SSSR count). The molecular formula is C30H44N4O3S3. The molecule has 0 aliphatic carbocycles. The molecule has 2 aliphatic rings. The van der Waals surface area contributed by atoms with Crippen LogP contribution in [0.3, 0.4) is 0 Å². The van der Waals surface area contributed by atoms with E-state index < -0.39 is 0 Å². The van der Waals surface area contributed by atoms with E-state index in [4.69, 9.17) is 12.2 Å². The van der Waals surface area contributed by atoms with Crippen LogP contribution < -0.4 is 0 Å². The summed E-state index contributed by atoms with van der Waals surface area (Å²) in [5, 5.41) is 11.5. The van der Waals surface area contributed by atoms with Crippen molar-refractivity contribution >= 4 is 44.7 Å². The predicted octanol–water partition coefficient (Wildman–Crippen LogP) is 5.46. The highest BCUT2D eigenvalue weighted by molar-refractivity contribution is 7.80. The van der Waals surface area contributed by atoms with Crippen molar-refractivity contribution in [2.45, 2.75) is 60.5 Å². The highest BCUT2D eigenvalue weighted by Crippen LogP contribution is 2.39. The molecule has 0 saturated carbocycles. The first-order valence-electron chi connectivity index (χ1n) is 14.6. The van der Waals surface area contributed by atoms with Gasteiger partial charge < -0.3 is 14.9 Å². The van der Waals surface area contributed by atoms with Gasteiger partial charge in [-0.2, -0.15) is 0 Å². The fraction of sp³-hybridized carbons (Fsp3) is 0.633. The van der Waals surface area contributed by atoms with E-state index in [1.54, 1.807) is 20.7 Å². The van der Waals surface area contributed by atoms with Crippen LogP contribution in [0, 0.1) is 15.7 Å². The quantitative estimate of drug-likeness (QED) is 0.303. The van der Waals surface area contributed by atoms with Gasteiger partial charge in [0.25, 0.3) is 0 Å². The normalized spacial score (nSPS) is 17.3. The summed E-state index contributed by atoms with van der Waals surface area (Å²) >= 11 is 5.69. The van der Waals surface area contributed by atoms with E-state index in [9.17, 15) is 14.7 Å². The topological polar surface area (TPSA) is 67.3 Å². The Balaban J connectivity index is 1.57. The van der Waals surface area contributed by atoms with E-state index in [2.05, 4.69) is 28.9 Å². The standard InChI is InChI=1S/C30H44N4O3S3/c1-6-7-25-27(39-40-30(25)38)22-16-23(18-31-8-12-33(13-9-31)28(36)20(2)3)26(35)24(17-22)19-32-10-14-34(15-11-32)29(37)21(4)5/h16-17,20-21,35H,6-15,18-19H2,1-5H3. The third-order valence-electron chi connectivity index (χ3n) is 7.89. The summed E-state index contributed by atoms with van der Waals surface area (Å²) in [5.41, 5.74) is 4.23. The second-order valence-electron chi connectivity index (χ2n) is 11.7. The van der Waals surface area contributed by atoms with Crippen molar-refractivity contribution in [3.63, 3.8) is 0 Å². The van der Waals surface area contributed by atoms with E-state index >= 15 is 0 Å². The highest BCUT2D eigenvalue weighted by Gasteiger charge is 2.26. The van der Waals surface area contributed by atoms with Gasteiger partial charge >= 0.3 is 0 Å². The van der Waals surface area contributed by atoms with Gasteiger partial charge in [0.1, 0.15) is 9.57 Å². The average molecular weight is 605 g/mol.